The number of rotatable bonds is 2. The molecule has 1 heterocycles. The van der Waals surface area contributed by atoms with Crippen molar-refractivity contribution >= 4 is 0 Å². The molecular formula is C6H13NO3. The summed E-state index contributed by atoms with van der Waals surface area (Å²) in [4.78, 5) is 0. The van der Waals surface area contributed by atoms with Gasteiger partial charge in [0.15, 0.2) is 0 Å². The first-order valence-corrected chi connectivity index (χ1v) is 3.46. The Morgan fingerprint density at radius 1 is 1.40 bits per heavy atom. The predicted octanol–water partition coefficient (Wildman–Crippen LogP) is -1.94. The maximum Gasteiger partial charge on any atom is 0.0964 e. The zero-order valence-corrected chi connectivity index (χ0v) is 5.70. The first-order valence-electron chi connectivity index (χ1n) is 3.46. The van der Waals surface area contributed by atoms with Crippen LogP contribution in [-0.2, 0) is 0 Å². The van der Waals surface area contributed by atoms with E-state index in [-0.39, 0.29) is 12.6 Å². The predicted molar refractivity (Wildman–Crippen MR) is 35.5 cm³/mol. The van der Waals surface area contributed by atoms with Crippen LogP contribution < -0.4 is 5.32 Å². The highest BCUT2D eigenvalue weighted by molar-refractivity contribution is 4.89. The molecule has 0 amide bonds. The second-order valence-electron chi connectivity index (χ2n) is 2.58. The van der Waals surface area contributed by atoms with Crippen LogP contribution in [0.25, 0.3) is 0 Å². The van der Waals surface area contributed by atoms with Gasteiger partial charge in [0.2, 0.25) is 0 Å². The lowest BCUT2D eigenvalue weighted by molar-refractivity contribution is 0.0363. The van der Waals surface area contributed by atoms with Gasteiger partial charge in [0.05, 0.1) is 12.2 Å². The quantitative estimate of drug-likeness (QED) is 0.367. The van der Waals surface area contributed by atoms with Crippen LogP contribution in [-0.4, -0.2) is 46.7 Å². The number of aliphatic hydroxyl groups is 3. The van der Waals surface area contributed by atoms with Gasteiger partial charge in [0, 0.05) is 19.2 Å². The van der Waals surface area contributed by atoms with E-state index in [0.29, 0.717) is 13.0 Å². The minimum absolute atomic E-state index is 0.0431. The smallest absolute Gasteiger partial charge is 0.0964 e. The molecular weight excluding hydrogens is 134 g/mol. The van der Waals surface area contributed by atoms with Crippen LogP contribution in [0.4, 0.5) is 0 Å². The molecule has 0 aliphatic carbocycles. The fraction of sp³-hybridized carbons (Fsp3) is 1.00. The van der Waals surface area contributed by atoms with E-state index in [2.05, 4.69) is 5.32 Å². The molecule has 0 aromatic heterocycles. The Labute approximate surface area is 59.5 Å². The van der Waals surface area contributed by atoms with Gasteiger partial charge in [-0.2, -0.15) is 0 Å². The highest BCUT2D eigenvalue weighted by Gasteiger charge is 2.31. The molecule has 3 unspecified atom stereocenters. The third kappa shape index (κ3) is 1.46. The van der Waals surface area contributed by atoms with E-state index in [1.807, 2.05) is 0 Å². The molecule has 4 nitrogen and oxygen atoms in total. The lowest BCUT2D eigenvalue weighted by atomic mass is 10.1. The van der Waals surface area contributed by atoms with Crippen LogP contribution in [0.1, 0.15) is 6.42 Å². The largest absolute Gasteiger partial charge is 0.396 e. The molecule has 1 rings (SSSR count). The molecule has 3 atom stereocenters. The average Bonchev–Trinajstić information content (AvgIpc) is 2.20. The van der Waals surface area contributed by atoms with Crippen LogP contribution >= 0.6 is 0 Å². The summed E-state index contributed by atoms with van der Waals surface area (Å²) in [7, 11) is 0. The molecule has 0 aromatic rings. The molecule has 4 N–H and O–H groups in total. The summed E-state index contributed by atoms with van der Waals surface area (Å²) < 4.78 is 0. The van der Waals surface area contributed by atoms with E-state index in [4.69, 9.17) is 15.3 Å². The molecule has 1 saturated heterocycles. The molecule has 1 aliphatic heterocycles. The van der Waals surface area contributed by atoms with Crippen molar-refractivity contribution in [2.45, 2.75) is 24.7 Å². The van der Waals surface area contributed by atoms with Crippen molar-refractivity contribution in [2.24, 2.45) is 0 Å². The SMILES string of the molecule is OCCC1NCC(O)C1O. The Morgan fingerprint density at radius 3 is 2.50 bits per heavy atom. The van der Waals surface area contributed by atoms with E-state index in [1.165, 1.54) is 0 Å². The Morgan fingerprint density at radius 2 is 2.10 bits per heavy atom. The van der Waals surface area contributed by atoms with Gasteiger partial charge in [0.1, 0.15) is 0 Å². The summed E-state index contributed by atoms with van der Waals surface area (Å²) in [5.74, 6) is 0. The van der Waals surface area contributed by atoms with Crippen molar-refractivity contribution in [3.63, 3.8) is 0 Å². The van der Waals surface area contributed by atoms with E-state index in [9.17, 15) is 0 Å². The van der Waals surface area contributed by atoms with E-state index < -0.39 is 12.2 Å². The van der Waals surface area contributed by atoms with Crippen LogP contribution in [0.2, 0.25) is 0 Å². The maximum absolute atomic E-state index is 9.16. The Hall–Kier alpha value is -0.160. The number of nitrogens with one attached hydrogen (secondary N) is 1. The highest BCUT2D eigenvalue weighted by atomic mass is 16.3. The summed E-state index contributed by atoms with van der Waals surface area (Å²) >= 11 is 0. The van der Waals surface area contributed by atoms with Gasteiger partial charge in [-0.25, -0.2) is 0 Å². The topological polar surface area (TPSA) is 72.7 Å². The van der Waals surface area contributed by atoms with Gasteiger partial charge in [-0.1, -0.05) is 0 Å². The molecule has 1 aliphatic rings. The molecule has 60 valence electrons. The van der Waals surface area contributed by atoms with Gasteiger partial charge in [0.25, 0.3) is 0 Å². The van der Waals surface area contributed by atoms with E-state index >= 15 is 0 Å². The van der Waals surface area contributed by atoms with Gasteiger partial charge >= 0.3 is 0 Å². The van der Waals surface area contributed by atoms with E-state index in [0.717, 1.165) is 0 Å². The van der Waals surface area contributed by atoms with Crippen LogP contribution in [0.3, 0.4) is 0 Å². The van der Waals surface area contributed by atoms with Crippen molar-refractivity contribution in [3.05, 3.63) is 0 Å². The van der Waals surface area contributed by atoms with Gasteiger partial charge in [-0.3, -0.25) is 0 Å². The maximum atomic E-state index is 9.16. The molecule has 0 bridgehead atoms. The normalized spacial score (nSPS) is 40.5. The third-order valence-corrected chi connectivity index (χ3v) is 1.84. The van der Waals surface area contributed by atoms with Gasteiger partial charge < -0.3 is 20.6 Å². The van der Waals surface area contributed by atoms with Crippen molar-refractivity contribution in [3.8, 4) is 0 Å². The van der Waals surface area contributed by atoms with Crippen LogP contribution in [0.15, 0.2) is 0 Å². The van der Waals surface area contributed by atoms with Gasteiger partial charge in [-0.05, 0) is 6.42 Å². The second-order valence-corrected chi connectivity index (χ2v) is 2.58. The minimum atomic E-state index is -0.716. The summed E-state index contributed by atoms with van der Waals surface area (Å²) in [6.45, 7) is 0.466. The Bertz CT molecular complexity index is 107. The Kier molecular flexibility index (Phi) is 2.62. The highest BCUT2D eigenvalue weighted by Crippen LogP contribution is 2.09. The lowest BCUT2D eigenvalue weighted by Crippen LogP contribution is -2.33. The number of β-amino-alcohol motifs (C(OH)–C–C–N with tert-alkyl or cyclic N) is 1. The first kappa shape index (κ1) is 7.94. The van der Waals surface area contributed by atoms with Crippen molar-refractivity contribution in [1.29, 1.82) is 0 Å². The van der Waals surface area contributed by atoms with Crippen molar-refractivity contribution < 1.29 is 15.3 Å². The molecule has 0 aromatic carbocycles. The molecule has 4 heteroatoms. The summed E-state index contributed by atoms with van der Waals surface area (Å²) in [5.41, 5.74) is 0. The summed E-state index contributed by atoms with van der Waals surface area (Å²) in [5, 5.41) is 29.6. The first-order chi connectivity index (χ1) is 4.75. The fourth-order valence-electron chi connectivity index (χ4n) is 1.19. The van der Waals surface area contributed by atoms with E-state index in [1.54, 1.807) is 0 Å². The monoisotopic (exact) mass is 147 g/mol. The fourth-order valence-corrected chi connectivity index (χ4v) is 1.19. The average molecular weight is 147 g/mol. The molecule has 1 fully saturated rings. The van der Waals surface area contributed by atoms with Crippen molar-refractivity contribution in [2.75, 3.05) is 13.2 Å². The zero-order valence-electron chi connectivity index (χ0n) is 5.70. The summed E-state index contributed by atoms with van der Waals surface area (Å²) in [6.07, 6.45) is -0.887. The number of hydrogen-bond acceptors (Lipinski definition) is 4. The standard InChI is InChI=1S/C6H13NO3/c8-2-1-4-6(10)5(9)3-7-4/h4-10H,1-3H2. The molecule has 0 saturated carbocycles. The number of aliphatic hydroxyl groups excluding tert-OH is 3. The van der Waals surface area contributed by atoms with Gasteiger partial charge in [-0.15, -0.1) is 0 Å². The zero-order chi connectivity index (χ0) is 7.56. The van der Waals surface area contributed by atoms with Crippen LogP contribution in [0.5, 0.6) is 0 Å². The summed E-state index contributed by atoms with van der Waals surface area (Å²) in [6, 6.07) is -0.139. The lowest BCUT2D eigenvalue weighted by Gasteiger charge is -2.13. The minimum Gasteiger partial charge on any atom is -0.396 e. The Balaban J connectivity index is 2.33. The molecule has 0 spiro atoms. The third-order valence-electron chi connectivity index (χ3n) is 1.84. The van der Waals surface area contributed by atoms with Crippen molar-refractivity contribution in [1.82, 2.24) is 5.32 Å². The number of hydrogen-bond donors (Lipinski definition) is 4. The second kappa shape index (κ2) is 3.30. The molecule has 0 radical (unpaired) electrons. The molecule has 10 heavy (non-hydrogen) atoms. The van der Waals surface area contributed by atoms with Crippen LogP contribution in [0, 0.1) is 0 Å².